The Kier molecular flexibility index (Phi) is 2.32. The molecule has 1 N–H and O–H groups in total. The first-order chi connectivity index (χ1) is 6.74. The average Bonchev–Trinajstić information content (AvgIpc) is 2.58. The van der Waals surface area contributed by atoms with Gasteiger partial charge < -0.3 is 4.98 Å². The highest BCUT2D eigenvalue weighted by Crippen LogP contribution is 2.25. The van der Waals surface area contributed by atoms with Gasteiger partial charge >= 0.3 is 0 Å². The van der Waals surface area contributed by atoms with Gasteiger partial charge in [0.15, 0.2) is 0 Å². The summed E-state index contributed by atoms with van der Waals surface area (Å²) in [4.78, 5) is 3.38. The summed E-state index contributed by atoms with van der Waals surface area (Å²) in [7, 11) is 0. The molecule has 2 rings (SSSR count). The number of hydrogen-bond donors (Lipinski definition) is 1. The van der Waals surface area contributed by atoms with Crippen molar-refractivity contribution in [3.63, 3.8) is 0 Å². The van der Waals surface area contributed by atoms with E-state index in [2.05, 4.69) is 44.1 Å². The number of rotatable bonds is 2. The largest absolute Gasteiger partial charge is 0.361 e. The SMILES string of the molecule is CCCc1c[nH]c2c(C)ccc(C)c12. The van der Waals surface area contributed by atoms with Crippen molar-refractivity contribution < 1.29 is 0 Å². The maximum Gasteiger partial charge on any atom is 0.0489 e. The fourth-order valence-corrected chi connectivity index (χ4v) is 2.11. The Labute approximate surface area is 85.1 Å². The molecule has 0 aliphatic carbocycles. The van der Waals surface area contributed by atoms with Crippen molar-refractivity contribution >= 4 is 10.9 Å². The van der Waals surface area contributed by atoms with Gasteiger partial charge in [0.05, 0.1) is 0 Å². The molecule has 0 radical (unpaired) electrons. The van der Waals surface area contributed by atoms with E-state index in [0.717, 1.165) is 0 Å². The van der Waals surface area contributed by atoms with Crippen molar-refractivity contribution in [1.82, 2.24) is 4.98 Å². The maximum absolute atomic E-state index is 3.38. The molecule has 1 nitrogen and oxygen atoms in total. The fourth-order valence-electron chi connectivity index (χ4n) is 2.11. The first kappa shape index (κ1) is 9.32. The molecule has 0 aliphatic rings. The molecule has 0 amide bonds. The minimum atomic E-state index is 1.17. The van der Waals surface area contributed by atoms with Crippen molar-refractivity contribution in [1.29, 1.82) is 0 Å². The maximum atomic E-state index is 3.38. The third kappa shape index (κ3) is 1.33. The van der Waals surface area contributed by atoms with Crippen LogP contribution in [0.3, 0.4) is 0 Å². The van der Waals surface area contributed by atoms with Gasteiger partial charge in [-0.25, -0.2) is 0 Å². The summed E-state index contributed by atoms with van der Waals surface area (Å²) in [6.45, 7) is 6.58. The molecule has 74 valence electrons. The lowest BCUT2D eigenvalue weighted by molar-refractivity contribution is 0.928. The lowest BCUT2D eigenvalue weighted by Gasteiger charge is -2.02. The normalized spacial score (nSPS) is 11.1. The monoisotopic (exact) mass is 187 g/mol. The quantitative estimate of drug-likeness (QED) is 0.737. The van der Waals surface area contributed by atoms with Gasteiger partial charge in [0.25, 0.3) is 0 Å². The van der Waals surface area contributed by atoms with Crippen LogP contribution in [0.2, 0.25) is 0 Å². The molecule has 1 aromatic carbocycles. The number of fused-ring (bicyclic) bond motifs is 1. The van der Waals surface area contributed by atoms with Gasteiger partial charge in [-0.15, -0.1) is 0 Å². The second-order valence-corrected chi connectivity index (χ2v) is 4.01. The molecule has 0 saturated heterocycles. The number of benzene rings is 1. The minimum absolute atomic E-state index is 1.17. The molecule has 14 heavy (non-hydrogen) atoms. The van der Waals surface area contributed by atoms with E-state index in [1.165, 1.54) is 40.4 Å². The molecule has 2 aromatic rings. The van der Waals surface area contributed by atoms with Crippen LogP contribution < -0.4 is 0 Å². The third-order valence-corrected chi connectivity index (χ3v) is 2.85. The van der Waals surface area contributed by atoms with Gasteiger partial charge in [-0.1, -0.05) is 25.5 Å². The standard InChI is InChI=1S/C13H17N/c1-4-5-11-8-14-13-10(3)7-6-9(2)12(11)13/h6-8,14H,4-5H2,1-3H3. The van der Waals surface area contributed by atoms with Crippen LogP contribution in [-0.4, -0.2) is 4.98 Å². The molecule has 0 spiro atoms. The van der Waals surface area contributed by atoms with Gasteiger partial charge in [0.1, 0.15) is 0 Å². The highest BCUT2D eigenvalue weighted by Gasteiger charge is 2.06. The summed E-state index contributed by atoms with van der Waals surface area (Å²) in [6, 6.07) is 4.40. The van der Waals surface area contributed by atoms with E-state index in [9.17, 15) is 0 Å². The summed E-state index contributed by atoms with van der Waals surface area (Å²) in [6.07, 6.45) is 4.54. The zero-order chi connectivity index (χ0) is 10.1. The fraction of sp³-hybridized carbons (Fsp3) is 0.385. The van der Waals surface area contributed by atoms with Gasteiger partial charge in [0.2, 0.25) is 0 Å². The van der Waals surface area contributed by atoms with Crippen LogP contribution in [0, 0.1) is 13.8 Å². The molecule has 1 aromatic heterocycles. The van der Waals surface area contributed by atoms with E-state index in [-0.39, 0.29) is 0 Å². The van der Waals surface area contributed by atoms with Gasteiger partial charge in [-0.05, 0) is 37.0 Å². The Morgan fingerprint density at radius 1 is 1.14 bits per heavy atom. The lowest BCUT2D eigenvalue weighted by Crippen LogP contribution is -1.84. The van der Waals surface area contributed by atoms with Crippen LogP contribution in [-0.2, 0) is 6.42 Å². The van der Waals surface area contributed by atoms with Crippen LogP contribution in [0.25, 0.3) is 10.9 Å². The highest BCUT2D eigenvalue weighted by molar-refractivity contribution is 5.88. The third-order valence-electron chi connectivity index (χ3n) is 2.85. The van der Waals surface area contributed by atoms with Crippen molar-refractivity contribution in [3.05, 3.63) is 35.0 Å². The number of hydrogen-bond acceptors (Lipinski definition) is 0. The highest BCUT2D eigenvalue weighted by atomic mass is 14.7. The predicted molar refractivity (Wildman–Crippen MR) is 61.8 cm³/mol. The van der Waals surface area contributed by atoms with E-state index in [1.54, 1.807) is 0 Å². The zero-order valence-electron chi connectivity index (χ0n) is 9.15. The van der Waals surface area contributed by atoms with Crippen molar-refractivity contribution in [2.24, 2.45) is 0 Å². The molecule has 0 saturated carbocycles. The topological polar surface area (TPSA) is 15.8 Å². The van der Waals surface area contributed by atoms with Crippen molar-refractivity contribution in [2.75, 3.05) is 0 Å². The molecule has 0 atom stereocenters. The van der Waals surface area contributed by atoms with Crippen LogP contribution in [0.5, 0.6) is 0 Å². The van der Waals surface area contributed by atoms with Crippen molar-refractivity contribution in [3.8, 4) is 0 Å². The van der Waals surface area contributed by atoms with Crippen LogP contribution in [0.1, 0.15) is 30.0 Å². The molecular formula is C13H17N. The Morgan fingerprint density at radius 2 is 1.86 bits per heavy atom. The first-order valence-corrected chi connectivity index (χ1v) is 5.30. The number of H-pyrrole nitrogens is 1. The second-order valence-electron chi connectivity index (χ2n) is 4.01. The summed E-state index contributed by atoms with van der Waals surface area (Å²) >= 11 is 0. The molecule has 0 aliphatic heterocycles. The Bertz CT molecular complexity index is 451. The van der Waals surface area contributed by atoms with Crippen LogP contribution in [0.4, 0.5) is 0 Å². The molecule has 0 bridgehead atoms. The Balaban J connectivity index is 2.70. The van der Waals surface area contributed by atoms with E-state index >= 15 is 0 Å². The van der Waals surface area contributed by atoms with Crippen LogP contribution in [0.15, 0.2) is 18.3 Å². The van der Waals surface area contributed by atoms with Gasteiger partial charge in [-0.2, -0.15) is 0 Å². The van der Waals surface area contributed by atoms with E-state index in [1.807, 2.05) is 0 Å². The van der Waals surface area contributed by atoms with E-state index in [4.69, 9.17) is 0 Å². The number of aryl methyl sites for hydroxylation is 3. The lowest BCUT2D eigenvalue weighted by atomic mass is 10.0. The molecule has 1 heteroatoms. The second kappa shape index (κ2) is 3.49. The predicted octanol–water partition coefficient (Wildman–Crippen LogP) is 3.74. The molecule has 0 fully saturated rings. The Morgan fingerprint density at radius 3 is 2.57 bits per heavy atom. The van der Waals surface area contributed by atoms with Gasteiger partial charge in [0, 0.05) is 17.1 Å². The zero-order valence-corrected chi connectivity index (χ0v) is 9.15. The molecular weight excluding hydrogens is 170 g/mol. The molecule has 1 heterocycles. The van der Waals surface area contributed by atoms with Crippen LogP contribution >= 0.6 is 0 Å². The number of aromatic nitrogens is 1. The van der Waals surface area contributed by atoms with Gasteiger partial charge in [-0.3, -0.25) is 0 Å². The number of aromatic amines is 1. The number of nitrogens with one attached hydrogen (secondary N) is 1. The van der Waals surface area contributed by atoms with E-state index < -0.39 is 0 Å². The summed E-state index contributed by atoms with van der Waals surface area (Å²) in [5.74, 6) is 0. The molecule has 0 unspecified atom stereocenters. The minimum Gasteiger partial charge on any atom is -0.361 e. The summed E-state index contributed by atoms with van der Waals surface area (Å²) in [5.41, 5.74) is 5.50. The van der Waals surface area contributed by atoms with E-state index in [0.29, 0.717) is 0 Å². The Hall–Kier alpha value is -1.24. The smallest absolute Gasteiger partial charge is 0.0489 e. The average molecular weight is 187 g/mol. The summed E-state index contributed by atoms with van der Waals surface area (Å²) in [5, 5.41) is 1.44. The van der Waals surface area contributed by atoms with Crippen molar-refractivity contribution in [2.45, 2.75) is 33.6 Å². The first-order valence-electron chi connectivity index (χ1n) is 5.30. The summed E-state index contributed by atoms with van der Waals surface area (Å²) < 4.78 is 0.